The zero-order chi connectivity index (χ0) is 40.5. The largest absolute Gasteiger partial charge is 0.453 e. The van der Waals surface area contributed by atoms with Gasteiger partial charge in [-0.2, -0.15) is 0 Å². The second kappa shape index (κ2) is 18.5. The molecule has 296 valence electrons. The number of likely N-dealkylation sites (tertiary alicyclic amines) is 1. The molecule has 1 aliphatic carbocycles. The van der Waals surface area contributed by atoms with E-state index in [2.05, 4.69) is 60.9 Å². The highest BCUT2D eigenvalue weighted by Crippen LogP contribution is 2.37. The van der Waals surface area contributed by atoms with Crippen molar-refractivity contribution in [2.45, 2.75) is 77.9 Å². The van der Waals surface area contributed by atoms with Crippen LogP contribution >= 0.6 is 0 Å². The normalized spacial score (nSPS) is 15.4. The lowest BCUT2D eigenvalue weighted by Crippen LogP contribution is -2.51. The number of rotatable bonds is 12. The number of H-pyrrole nitrogens is 2. The highest BCUT2D eigenvalue weighted by molar-refractivity contribution is 5.90. The van der Waals surface area contributed by atoms with Crippen LogP contribution in [0.5, 0.6) is 0 Å². The van der Waals surface area contributed by atoms with Crippen LogP contribution in [0.4, 0.5) is 4.79 Å². The zero-order valence-electron chi connectivity index (χ0n) is 33.0. The predicted octanol–water partition coefficient (Wildman–Crippen LogP) is 5.79. The van der Waals surface area contributed by atoms with Crippen LogP contribution in [0, 0.1) is 11.8 Å². The summed E-state index contributed by atoms with van der Waals surface area (Å²) in [6.07, 6.45) is 11.7. The van der Waals surface area contributed by atoms with E-state index in [9.17, 15) is 19.2 Å². The summed E-state index contributed by atoms with van der Waals surface area (Å²) in [6, 6.07) is 10.9. The Hall–Kier alpha value is -6.42. The fourth-order valence-corrected chi connectivity index (χ4v) is 7.34. The van der Waals surface area contributed by atoms with Crippen molar-refractivity contribution in [3.05, 3.63) is 107 Å². The maximum atomic E-state index is 14.0. The van der Waals surface area contributed by atoms with Gasteiger partial charge in [-0.15, -0.1) is 0 Å². The van der Waals surface area contributed by atoms with Gasteiger partial charge >= 0.3 is 6.09 Å². The molecule has 0 unspecified atom stereocenters. The van der Waals surface area contributed by atoms with Gasteiger partial charge in [-0.25, -0.2) is 14.8 Å². The van der Waals surface area contributed by atoms with Gasteiger partial charge in [0.15, 0.2) is 0 Å². The minimum absolute atomic E-state index is 0.156. The molecule has 57 heavy (non-hydrogen) atoms. The summed E-state index contributed by atoms with van der Waals surface area (Å²) in [6.45, 7) is 10.6. The number of nitrogens with zero attached hydrogens (tertiary/aromatic N) is 4. The van der Waals surface area contributed by atoms with Gasteiger partial charge in [0.1, 0.15) is 24.2 Å². The van der Waals surface area contributed by atoms with Gasteiger partial charge < -0.3 is 35.1 Å². The van der Waals surface area contributed by atoms with E-state index >= 15 is 0 Å². The number of piperidine rings is 1. The van der Waals surface area contributed by atoms with Crippen LogP contribution in [0.25, 0.3) is 22.3 Å². The monoisotopic (exact) mass is 770 g/mol. The first kappa shape index (κ1) is 40.2. The second-order valence-electron chi connectivity index (χ2n) is 14.3. The Bertz CT molecular complexity index is 2290. The van der Waals surface area contributed by atoms with E-state index in [1.807, 2.05) is 61.2 Å². The molecule has 6 rings (SSSR count). The number of carbonyl (C=O) groups excluding carboxylic acids is 4. The summed E-state index contributed by atoms with van der Waals surface area (Å²) in [5.41, 5.74) is 8.00. The van der Waals surface area contributed by atoms with E-state index in [1.54, 1.807) is 11.0 Å². The van der Waals surface area contributed by atoms with Crippen molar-refractivity contribution in [3.63, 3.8) is 0 Å². The van der Waals surface area contributed by atoms with Crippen molar-refractivity contribution in [1.82, 2.24) is 40.4 Å². The van der Waals surface area contributed by atoms with E-state index < -0.39 is 12.1 Å². The van der Waals surface area contributed by atoms with Crippen LogP contribution in [0.3, 0.4) is 0 Å². The number of aromatic amines is 2. The average Bonchev–Trinajstić information content (AvgIpc) is 3.84. The predicted molar refractivity (Wildman–Crippen MR) is 219 cm³/mol. The Morgan fingerprint density at radius 1 is 1.07 bits per heavy atom. The smallest absolute Gasteiger partial charge is 0.407 e. The van der Waals surface area contributed by atoms with E-state index in [1.165, 1.54) is 19.6 Å². The molecular weight excluding hydrogens is 721 g/mol. The molecule has 4 aromatic rings. The Morgan fingerprint density at radius 2 is 1.86 bits per heavy atom. The molecule has 1 aliphatic heterocycles. The van der Waals surface area contributed by atoms with E-state index in [-0.39, 0.29) is 36.9 Å². The minimum atomic E-state index is -0.865. The lowest BCUT2D eigenvalue weighted by molar-refractivity contribution is -0.138. The maximum absolute atomic E-state index is 14.0. The summed E-state index contributed by atoms with van der Waals surface area (Å²) < 4.78 is 4.57. The minimum Gasteiger partial charge on any atom is -0.453 e. The summed E-state index contributed by atoms with van der Waals surface area (Å²) in [5, 5.41) is 5.26. The number of aryl methyl sites for hydroxylation is 2. The van der Waals surface area contributed by atoms with Crippen molar-refractivity contribution in [2.75, 3.05) is 26.7 Å². The fourth-order valence-electron chi connectivity index (χ4n) is 7.34. The number of methoxy groups -OCH3 is 1. The standard InChI is InChI=1S/C44H50N8O5/c1-6-8-9-12-28(3)40(46-29(4)53)43(55)52-23-11-10-13-37(52)42-49-35-21-18-32-24-30(16-19-33(32)41(35)50-42)14-15-31-17-20-34-36(25-31)48-38(47-34)27-51(22-7-2)39(54)26-45-44(56)57-5/h6,8-9,12,16-17,19-20,24-25,37,40H,3,7,10-11,13,18,21-23,26-27H2,1-2,4-5H3,(H,45,56)(H,46,53)(H,47,48)(H,49,50)/b8-6-,12-9-/t37-,40-/m0/s1. The van der Waals surface area contributed by atoms with Crippen LogP contribution in [0.15, 0.2) is 72.9 Å². The number of alkyl carbamates (subject to hydrolysis) is 1. The van der Waals surface area contributed by atoms with Crippen molar-refractivity contribution < 1.29 is 23.9 Å². The van der Waals surface area contributed by atoms with Gasteiger partial charge in [-0.3, -0.25) is 14.4 Å². The van der Waals surface area contributed by atoms with Crippen molar-refractivity contribution in [1.29, 1.82) is 0 Å². The van der Waals surface area contributed by atoms with Gasteiger partial charge in [0.05, 0.1) is 36.4 Å². The summed E-state index contributed by atoms with van der Waals surface area (Å²) in [4.78, 5) is 70.6. The quantitative estimate of drug-likeness (QED) is 0.105. The third-order valence-electron chi connectivity index (χ3n) is 10.1. The molecule has 2 aliphatic rings. The first-order valence-electron chi connectivity index (χ1n) is 19.5. The molecule has 3 heterocycles. The summed E-state index contributed by atoms with van der Waals surface area (Å²) in [7, 11) is 1.26. The number of aromatic nitrogens is 4. The number of benzene rings is 2. The molecule has 4 amide bonds. The number of carbonyl (C=O) groups is 4. The van der Waals surface area contributed by atoms with Gasteiger partial charge in [0.2, 0.25) is 17.7 Å². The second-order valence-corrected chi connectivity index (χ2v) is 14.3. The van der Waals surface area contributed by atoms with Crippen molar-refractivity contribution >= 4 is 34.8 Å². The first-order valence-corrected chi connectivity index (χ1v) is 19.5. The number of ether oxygens (including phenoxy) is 1. The van der Waals surface area contributed by atoms with Crippen LogP contribution in [0.2, 0.25) is 0 Å². The van der Waals surface area contributed by atoms with Gasteiger partial charge in [-0.05, 0) is 86.9 Å². The molecular formula is C44H50N8O5. The Kier molecular flexibility index (Phi) is 13.0. The highest BCUT2D eigenvalue weighted by Gasteiger charge is 2.36. The van der Waals surface area contributed by atoms with Gasteiger partial charge in [0.25, 0.3) is 0 Å². The molecule has 13 heteroatoms. The fraction of sp³-hybridized carbons (Fsp3) is 0.364. The number of imidazole rings is 2. The number of nitrogens with one attached hydrogen (secondary N) is 4. The third-order valence-corrected chi connectivity index (χ3v) is 10.1. The average molecular weight is 771 g/mol. The molecule has 2 aromatic carbocycles. The number of fused-ring (bicyclic) bond motifs is 4. The molecule has 0 radical (unpaired) electrons. The molecule has 0 saturated carbocycles. The molecule has 13 nitrogen and oxygen atoms in total. The van der Waals surface area contributed by atoms with Crippen LogP contribution in [0.1, 0.15) is 86.5 Å². The maximum Gasteiger partial charge on any atom is 0.407 e. The molecule has 0 spiro atoms. The SMILES string of the molecule is C=C(/C=C\C=C/C)[C@H](NC(C)=O)C(=O)N1CCCC[C@H]1c1nc2c([nH]1)CCc1cc(C#Cc3ccc4nc(CN(CCC)C(=O)CNC(=O)OC)[nH]c4c3)ccc1-2. The van der Waals surface area contributed by atoms with Crippen molar-refractivity contribution in [2.24, 2.45) is 0 Å². The highest BCUT2D eigenvalue weighted by atomic mass is 16.5. The number of hydrogen-bond donors (Lipinski definition) is 4. The van der Waals surface area contributed by atoms with Crippen LogP contribution < -0.4 is 10.6 Å². The summed E-state index contributed by atoms with van der Waals surface area (Å²) in [5.74, 6) is 7.31. The molecule has 2 atom stereocenters. The van der Waals surface area contributed by atoms with E-state index in [4.69, 9.17) is 4.98 Å². The molecule has 0 bridgehead atoms. The Labute approximate surface area is 333 Å². The van der Waals surface area contributed by atoms with E-state index in [0.29, 0.717) is 24.5 Å². The van der Waals surface area contributed by atoms with E-state index in [0.717, 1.165) is 83.5 Å². The van der Waals surface area contributed by atoms with Crippen LogP contribution in [-0.2, 0) is 38.5 Å². The lowest BCUT2D eigenvalue weighted by Gasteiger charge is -2.37. The molecule has 2 aromatic heterocycles. The lowest BCUT2D eigenvalue weighted by atomic mass is 9.91. The topological polar surface area (TPSA) is 165 Å². The number of hydrogen-bond acceptors (Lipinski definition) is 7. The van der Waals surface area contributed by atoms with Gasteiger partial charge in [-0.1, -0.05) is 55.7 Å². The number of amides is 4. The van der Waals surface area contributed by atoms with Crippen molar-refractivity contribution in [3.8, 4) is 23.1 Å². The zero-order valence-corrected chi connectivity index (χ0v) is 33.0. The molecule has 4 N–H and O–H groups in total. The Balaban J connectivity index is 1.17. The molecule has 1 saturated heterocycles. The first-order chi connectivity index (χ1) is 27.6. The third kappa shape index (κ3) is 9.70. The number of allylic oxidation sites excluding steroid dienone is 3. The van der Waals surface area contributed by atoms with Gasteiger partial charge in [0, 0.05) is 42.4 Å². The molecule has 1 fully saturated rings. The van der Waals surface area contributed by atoms with Crippen LogP contribution in [-0.4, -0.2) is 86.3 Å². The Morgan fingerprint density at radius 3 is 2.61 bits per heavy atom. The summed E-state index contributed by atoms with van der Waals surface area (Å²) >= 11 is 0.